The third kappa shape index (κ3) is 6.31. The van der Waals surface area contributed by atoms with E-state index < -0.39 is 0 Å². The van der Waals surface area contributed by atoms with Crippen LogP contribution in [0.3, 0.4) is 0 Å². The van der Waals surface area contributed by atoms with Gasteiger partial charge in [-0.15, -0.1) is 24.0 Å². The topological polar surface area (TPSA) is 46.1 Å². The molecule has 2 heterocycles. The van der Waals surface area contributed by atoms with Gasteiger partial charge in [0.25, 0.3) is 0 Å². The molecule has 0 amide bonds. The van der Waals surface area contributed by atoms with Crippen molar-refractivity contribution in [1.82, 2.24) is 10.2 Å². The smallest absolute Gasteiger partial charge is 0.193 e. The van der Waals surface area contributed by atoms with Gasteiger partial charge in [0, 0.05) is 33.3 Å². The molecule has 0 spiro atoms. The minimum absolute atomic E-state index is 0. The number of fused-ring (bicyclic) bond motifs is 1. The molecule has 1 atom stereocenters. The van der Waals surface area contributed by atoms with Crippen molar-refractivity contribution in [1.29, 1.82) is 0 Å². The van der Waals surface area contributed by atoms with E-state index in [1.807, 2.05) is 7.05 Å². The summed E-state index contributed by atoms with van der Waals surface area (Å²) in [6.45, 7) is 4.39. The number of hydrogen-bond donors (Lipinski definition) is 1. The molecule has 2 aliphatic heterocycles. The molecule has 2 saturated heterocycles. The maximum atomic E-state index is 6.14. The Balaban J connectivity index is 0.00000256. The molecule has 2 aromatic carbocycles. The first kappa shape index (κ1) is 23.3. The number of halogens is 1. The van der Waals surface area contributed by atoms with Gasteiger partial charge in [0.05, 0.1) is 18.8 Å². The van der Waals surface area contributed by atoms with E-state index in [0.717, 1.165) is 58.1 Å². The monoisotopic (exact) mass is 523 g/mol. The van der Waals surface area contributed by atoms with E-state index in [-0.39, 0.29) is 24.0 Å². The Labute approximate surface area is 197 Å². The summed E-state index contributed by atoms with van der Waals surface area (Å²) in [5.74, 6) is 0.979. The second-order valence-electron chi connectivity index (χ2n) is 8.09. The van der Waals surface area contributed by atoms with Crippen molar-refractivity contribution >= 4 is 40.7 Å². The zero-order valence-electron chi connectivity index (χ0n) is 17.9. The zero-order chi connectivity index (χ0) is 19.9. The van der Waals surface area contributed by atoms with Crippen LogP contribution < -0.4 is 5.32 Å². The summed E-state index contributed by atoms with van der Waals surface area (Å²) in [6.07, 6.45) is 6.34. The highest BCUT2D eigenvalue weighted by molar-refractivity contribution is 14.0. The molecule has 164 valence electrons. The van der Waals surface area contributed by atoms with Crippen molar-refractivity contribution in [2.75, 3.05) is 33.4 Å². The molecular weight excluding hydrogens is 489 g/mol. The summed E-state index contributed by atoms with van der Waals surface area (Å²) < 4.78 is 11.9. The van der Waals surface area contributed by atoms with Crippen LogP contribution in [-0.2, 0) is 16.0 Å². The van der Waals surface area contributed by atoms with Crippen LogP contribution >= 0.6 is 24.0 Å². The number of aliphatic imine (C=N–C) groups is 1. The van der Waals surface area contributed by atoms with Gasteiger partial charge in [-0.05, 0) is 54.5 Å². The molecule has 2 fully saturated rings. The van der Waals surface area contributed by atoms with Crippen LogP contribution in [0.4, 0.5) is 0 Å². The number of likely N-dealkylation sites (tertiary alicyclic amines) is 1. The SMILES string of the molecule is CN=C(NCc1ccc2ccccc2c1)N1CCC(OCC2CCCCO2)CC1.I. The molecule has 1 unspecified atom stereocenters. The van der Waals surface area contributed by atoms with E-state index in [0.29, 0.717) is 12.2 Å². The minimum atomic E-state index is 0. The van der Waals surface area contributed by atoms with Gasteiger partial charge in [0.1, 0.15) is 0 Å². The minimum Gasteiger partial charge on any atom is -0.376 e. The summed E-state index contributed by atoms with van der Waals surface area (Å²) in [7, 11) is 1.87. The first-order valence-electron chi connectivity index (χ1n) is 11.0. The van der Waals surface area contributed by atoms with Gasteiger partial charge >= 0.3 is 0 Å². The fourth-order valence-electron chi connectivity index (χ4n) is 4.28. The summed E-state index contributed by atoms with van der Waals surface area (Å²) in [5.41, 5.74) is 1.27. The molecule has 0 aromatic heterocycles. The van der Waals surface area contributed by atoms with Crippen molar-refractivity contribution in [2.45, 2.75) is 50.9 Å². The van der Waals surface area contributed by atoms with Gasteiger partial charge in [-0.2, -0.15) is 0 Å². The largest absolute Gasteiger partial charge is 0.376 e. The van der Waals surface area contributed by atoms with Gasteiger partial charge in [0.15, 0.2) is 5.96 Å². The van der Waals surface area contributed by atoms with Crippen molar-refractivity contribution in [2.24, 2.45) is 4.99 Å². The van der Waals surface area contributed by atoms with Crippen LogP contribution in [0, 0.1) is 0 Å². The number of piperidine rings is 1. The molecule has 0 bridgehead atoms. The maximum Gasteiger partial charge on any atom is 0.193 e. The van der Waals surface area contributed by atoms with E-state index in [9.17, 15) is 0 Å². The van der Waals surface area contributed by atoms with E-state index in [1.165, 1.54) is 29.2 Å². The Hall–Kier alpha value is -1.38. The molecule has 0 radical (unpaired) electrons. The van der Waals surface area contributed by atoms with Gasteiger partial charge < -0.3 is 19.7 Å². The van der Waals surface area contributed by atoms with Crippen molar-refractivity contribution in [3.63, 3.8) is 0 Å². The molecule has 30 heavy (non-hydrogen) atoms. The van der Waals surface area contributed by atoms with E-state index in [1.54, 1.807) is 0 Å². The molecule has 1 N–H and O–H groups in total. The number of guanidine groups is 1. The molecule has 2 aliphatic rings. The first-order chi connectivity index (χ1) is 14.3. The standard InChI is InChI=1S/C24H33N3O2.HI/c1-25-24(26-17-19-9-10-20-6-2-3-7-21(20)16-19)27-13-11-22(12-14-27)29-18-23-8-4-5-15-28-23;/h2-3,6-7,9-10,16,22-23H,4-5,8,11-15,17-18H2,1H3,(H,25,26);1H. The van der Waals surface area contributed by atoms with Crippen LogP contribution in [0.25, 0.3) is 10.8 Å². The Morgan fingerprint density at radius 3 is 2.63 bits per heavy atom. The first-order valence-corrected chi connectivity index (χ1v) is 11.0. The predicted molar refractivity (Wildman–Crippen MR) is 134 cm³/mol. The maximum absolute atomic E-state index is 6.14. The summed E-state index contributed by atoms with van der Waals surface area (Å²) in [6, 6.07) is 15.1. The van der Waals surface area contributed by atoms with Crippen LogP contribution in [-0.4, -0.2) is 56.4 Å². The second kappa shape index (κ2) is 11.9. The Morgan fingerprint density at radius 2 is 1.90 bits per heavy atom. The molecular formula is C24H34IN3O2. The number of benzene rings is 2. The number of ether oxygens (including phenoxy) is 2. The molecule has 6 heteroatoms. The van der Waals surface area contributed by atoms with Crippen molar-refractivity contribution < 1.29 is 9.47 Å². The Morgan fingerprint density at radius 1 is 1.10 bits per heavy atom. The van der Waals surface area contributed by atoms with E-state index >= 15 is 0 Å². The summed E-state index contributed by atoms with van der Waals surface area (Å²) in [4.78, 5) is 6.85. The fraction of sp³-hybridized carbons (Fsp3) is 0.542. The number of rotatable bonds is 5. The van der Waals surface area contributed by atoms with Crippen LogP contribution in [0.15, 0.2) is 47.5 Å². The van der Waals surface area contributed by atoms with Crippen molar-refractivity contribution in [3.05, 3.63) is 48.0 Å². The lowest BCUT2D eigenvalue weighted by atomic mass is 10.1. The Kier molecular flexibility index (Phi) is 9.21. The van der Waals surface area contributed by atoms with Crippen LogP contribution in [0.2, 0.25) is 0 Å². The summed E-state index contributed by atoms with van der Waals surface area (Å²) in [5, 5.41) is 6.09. The molecule has 0 saturated carbocycles. The van der Waals surface area contributed by atoms with Crippen molar-refractivity contribution in [3.8, 4) is 0 Å². The lowest BCUT2D eigenvalue weighted by Gasteiger charge is -2.35. The normalized spacial score (nSPS) is 20.8. The predicted octanol–water partition coefficient (Wildman–Crippen LogP) is 4.58. The van der Waals surface area contributed by atoms with Crippen LogP contribution in [0.5, 0.6) is 0 Å². The van der Waals surface area contributed by atoms with Gasteiger partial charge in [-0.1, -0.05) is 36.4 Å². The third-order valence-electron chi connectivity index (χ3n) is 6.01. The van der Waals surface area contributed by atoms with E-state index in [4.69, 9.17) is 9.47 Å². The van der Waals surface area contributed by atoms with E-state index in [2.05, 4.69) is 57.7 Å². The number of hydrogen-bond acceptors (Lipinski definition) is 3. The molecule has 0 aliphatic carbocycles. The average Bonchev–Trinajstić information content (AvgIpc) is 2.79. The zero-order valence-corrected chi connectivity index (χ0v) is 20.2. The Bertz CT molecular complexity index is 815. The fourth-order valence-corrected chi connectivity index (χ4v) is 4.28. The quantitative estimate of drug-likeness (QED) is 0.354. The number of nitrogens with one attached hydrogen (secondary N) is 1. The number of nitrogens with zero attached hydrogens (tertiary/aromatic N) is 2. The third-order valence-corrected chi connectivity index (χ3v) is 6.01. The average molecular weight is 523 g/mol. The highest BCUT2D eigenvalue weighted by Gasteiger charge is 2.23. The van der Waals surface area contributed by atoms with Gasteiger partial charge in [0.2, 0.25) is 0 Å². The van der Waals surface area contributed by atoms with Crippen LogP contribution in [0.1, 0.15) is 37.7 Å². The molecule has 2 aromatic rings. The molecule has 4 rings (SSSR count). The second-order valence-corrected chi connectivity index (χ2v) is 8.09. The van der Waals surface area contributed by atoms with Gasteiger partial charge in [-0.25, -0.2) is 0 Å². The summed E-state index contributed by atoms with van der Waals surface area (Å²) >= 11 is 0. The lowest BCUT2D eigenvalue weighted by Crippen LogP contribution is -2.47. The molecule has 5 nitrogen and oxygen atoms in total. The lowest BCUT2D eigenvalue weighted by molar-refractivity contribution is -0.0721. The van der Waals surface area contributed by atoms with Gasteiger partial charge in [-0.3, -0.25) is 4.99 Å². The highest BCUT2D eigenvalue weighted by atomic mass is 127. The highest BCUT2D eigenvalue weighted by Crippen LogP contribution is 2.19.